The molecule has 1 aliphatic heterocycles. The lowest BCUT2D eigenvalue weighted by Crippen LogP contribution is -2.47. The lowest BCUT2D eigenvalue weighted by molar-refractivity contribution is -0.138. The van der Waals surface area contributed by atoms with Gasteiger partial charge in [0, 0.05) is 41.4 Å². The number of nitrogens with one attached hydrogen (secondary N) is 3. The summed E-state index contributed by atoms with van der Waals surface area (Å²) in [6.45, 7) is 5.73. The molecule has 4 rings (SSSR count). The van der Waals surface area contributed by atoms with Crippen LogP contribution in [-0.4, -0.2) is 65.6 Å². The number of aromatic nitrogens is 2. The first-order valence-corrected chi connectivity index (χ1v) is 15.6. The highest BCUT2D eigenvalue weighted by atomic mass is 19.4. The van der Waals surface area contributed by atoms with Gasteiger partial charge in [0.25, 0.3) is 0 Å². The van der Waals surface area contributed by atoms with E-state index in [1.807, 2.05) is 13.8 Å². The highest BCUT2D eigenvalue weighted by Gasteiger charge is 2.38. The molecule has 3 N–H and O–H groups in total. The minimum Gasteiger partial charge on any atom is -0.496 e. The Morgan fingerprint density at radius 1 is 1.12 bits per heavy atom. The lowest BCUT2D eigenvalue weighted by atomic mass is 9.89. The number of H-pyrrole nitrogens is 1. The monoisotopic (exact) mass is 672 g/mol. The van der Waals surface area contributed by atoms with Crippen molar-refractivity contribution in [3.8, 4) is 5.75 Å². The average molecular weight is 673 g/mol. The number of carbonyl (C=O) groups excluding carboxylic acids is 5. The molecule has 0 saturated carbocycles. The topological polar surface area (TPSA) is 157 Å². The number of hydrogen-bond donors (Lipinski definition) is 3. The number of ether oxygens (including phenoxy) is 2. The van der Waals surface area contributed by atoms with E-state index in [0.29, 0.717) is 36.0 Å². The molecule has 3 atom stereocenters. The number of fused-ring (bicyclic) bond motifs is 1. The summed E-state index contributed by atoms with van der Waals surface area (Å²) in [6, 6.07) is 6.36. The van der Waals surface area contributed by atoms with Gasteiger partial charge < -0.3 is 25.1 Å². The molecular formula is C34H39F3N4O7. The van der Waals surface area contributed by atoms with Gasteiger partial charge in [0.15, 0.2) is 18.2 Å². The fourth-order valence-corrected chi connectivity index (χ4v) is 5.98. The Labute approximate surface area is 275 Å². The average Bonchev–Trinajstić information content (AvgIpc) is 3.63. The maximum atomic E-state index is 13.7. The Bertz CT molecular complexity index is 1720. The van der Waals surface area contributed by atoms with Gasteiger partial charge >= 0.3 is 12.1 Å². The molecular weight excluding hydrogens is 633 g/mol. The van der Waals surface area contributed by atoms with E-state index in [9.17, 15) is 37.1 Å². The molecule has 2 amide bonds. The third kappa shape index (κ3) is 8.58. The molecule has 2 aromatic heterocycles. The van der Waals surface area contributed by atoms with E-state index in [0.717, 1.165) is 6.07 Å². The van der Waals surface area contributed by atoms with E-state index in [2.05, 4.69) is 20.6 Å². The molecule has 1 aromatic carbocycles. The molecule has 1 fully saturated rings. The molecule has 0 radical (unpaired) electrons. The van der Waals surface area contributed by atoms with E-state index in [-0.39, 0.29) is 47.5 Å². The summed E-state index contributed by atoms with van der Waals surface area (Å²) in [5.41, 5.74) is -1.28. The zero-order valence-electron chi connectivity index (χ0n) is 27.4. The molecule has 0 aliphatic carbocycles. The number of hydrogen-bond acceptors (Lipinski definition) is 8. The van der Waals surface area contributed by atoms with Crippen LogP contribution >= 0.6 is 0 Å². The van der Waals surface area contributed by atoms with Crippen LogP contribution in [-0.2, 0) is 25.3 Å². The van der Waals surface area contributed by atoms with Crippen molar-refractivity contribution in [3.63, 3.8) is 0 Å². The maximum absolute atomic E-state index is 13.7. The van der Waals surface area contributed by atoms with Crippen LogP contribution in [0.25, 0.3) is 10.9 Å². The van der Waals surface area contributed by atoms with Gasteiger partial charge in [0.1, 0.15) is 5.75 Å². The third-order valence-electron chi connectivity index (χ3n) is 8.27. The fraction of sp³-hybridized carbons (Fsp3) is 0.471. The van der Waals surface area contributed by atoms with Crippen molar-refractivity contribution in [3.05, 3.63) is 58.5 Å². The summed E-state index contributed by atoms with van der Waals surface area (Å²) < 4.78 is 51.6. The first kappa shape index (κ1) is 36.1. The highest BCUT2D eigenvalue weighted by molar-refractivity contribution is 6.03. The van der Waals surface area contributed by atoms with Crippen LogP contribution in [0.3, 0.4) is 0 Å². The van der Waals surface area contributed by atoms with Gasteiger partial charge in [0.05, 0.1) is 35.7 Å². The Hall–Kier alpha value is -4.75. The number of carbonyl (C=O) groups is 5. The molecule has 3 aromatic rings. The number of pyridine rings is 1. The molecule has 14 heteroatoms. The van der Waals surface area contributed by atoms with Crippen LogP contribution < -0.4 is 15.4 Å². The van der Waals surface area contributed by atoms with Crippen LogP contribution in [0, 0.1) is 31.6 Å². The molecule has 0 unspecified atom stereocenters. The molecule has 11 nitrogen and oxygen atoms in total. The van der Waals surface area contributed by atoms with Gasteiger partial charge in [0.2, 0.25) is 11.8 Å². The molecule has 258 valence electrons. The minimum absolute atomic E-state index is 0.0127. The Morgan fingerprint density at radius 2 is 1.85 bits per heavy atom. The Morgan fingerprint density at radius 3 is 2.48 bits per heavy atom. The summed E-state index contributed by atoms with van der Waals surface area (Å²) in [6.07, 6.45) is -4.53. The number of Topliss-reactive ketones (excluding diaryl/α,β-unsaturated/α-hetero) is 2. The second-order valence-corrected chi connectivity index (χ2v) is 12.4. The van der Waals surface area contributed by atoms with Gasteiger partial charge in [-0.3, -0.25) is 24.2 Å². The lowest BCUT2D eigenvalue weighted by Gasteiger charge is -2.24. The second-order valence-electron chi connectivity index (χ2n) is 12.4. The zero-order chi connectivity index (χ0) is 35.3. The second kappa shape index (κ2) is 15.0. The van der Waals surface area contributed by atoms with Crippen molar-refractivity contribution >= 4 is 40.3 Å². The summed E-state index contributed by atoms with van der Waals surface area (Å²) in [5.74, 6) is -4.45. The number of aryl methyl sites for hydroxylation is 2. The SMILES string of the molecule is COc1cccc2[nH]c(C(=O)C[C@@H](CC(C)C)C(=O)N[C@@H](C[C@@H]3CCNC3=O)C(=O)COC(=O)c3c(C(F)(F)F)cc(C)nc3C)cc12. The van der Waals surface area contributed by atoms with Crippen LogP contribution in [0.4, 0.5) is 13.2 Å². The number of benzene rings is 1. The number of esters is 1. The molecule has 48 heavy (non-hydrogen) atoms. The first-order chi connectivity index (χ1) is 22.6. The predicted octanol–water partition coefficient (Wildman–Crippen LogP) is 4.88. The quantitative estimate of drug-likeness (QED) is 0.162. The van der Waals surface area contributed by atoms with Gasteiger partial charge in [-0.2, -0.15) is 13.2 Å². The van der Waals surface area contributed by atoms with E-state index in [1.54, 1.807) is 24.3 Å². The fourth-order valence-electron chi connectivity index (χ4n) is 5.98. The van der Waals surface area contributed by atoms with Crippen LogP contribution in [0.1, 0.15) is 77.3 Å². The minimum atomic E-state index is -4.88. The maximum Gasteiger partial charge on any atom is 0.417 e. The van der Waals surface area contributed by atoms with Gasteiger partial charge in [-0.05, 0) is 63.3 Å². The predicted molar refractivity (Wildman–Crippen MR) is 168 cm³/mol. The molecule has 1 saturated heterocycles. The van der Waals surface area contributed by atoms with Gasteiger partial charge in [-0.1, -0.05) is 19.9 Å². The summed E-state index contributed by atoms with van der Waals surface area (Å²) in [7, 11) is 1.51. The number of nitrogens with zero attached hydrogens (tertiary/aromatic N) is 1. The largest absolute Gasteiger partial charge is 0.496 e. The van der Waals surface area contributed by atoms with E-state index >= 15 is 0 Å². The summed E-state index contributed by atoms with van der Waals surface area (Å²) in [5, 5.41) is 6.01. The first-order valence-electron chi connectivity index (χ1n) is 15.6. The van der Waals surface area contributed by atoms with Crippen molar-refractivity contribution in [2.45, 2.75) is 65.6 Å². The van der Waals surface area contributed by atoms with E-state index in [4.69, 9.17) is 9.47 Å². The molecule has 3 heterocycles. The van der Waals surface area contributed by atoms with Gasteiger partial charge in [-0.15, -0.1) is 0 Å². The highest BCUT2D eigenvalue weighted by Crippen LogP contribution is 2.34. The summed E-state index contributed by atoms with van der Waals surface area (Å²) >= 11 is 0. The number of ketones is 2. The summed E-state index contributed by atoms with van der Waals surface area (Å²) in [4.78, 5) is 72.8. The van der Waals surface area contributed by atoms with Crippen molar-refractivity contribution in [1.29, 1.82) is 0 Å². The number of methoxy groups -OCH3 is 1. The Kier molecular flexibility index (Phi) is 11.3. The smallest absolute Gasteiger partial charge is 0.417 e. The molecule has 1 aliphatic rings. The number of alkyl halides is 3. The molecule has 0 bridgehead atoms. The third-order valence-corrected chi connectivity index (χ3v) is 8.27. The normalized spacial score (nSPS) is 16.0. The van der Waals surface area contributed by atoms with Crippen LogP contribution in [0.5, 0.6) is 5.75 Å². The van der Waals surface area contributed by atoms with Crippen LogP contribution in [0.2, 0.25) is 0 Å². The van der Waals surface area contributed by atoms with Crippen LogP contribution in [0.15, 0.2) is 30.3 Å². The van der Waals surface area contributed by atoms with Crippen molar-refractivity contribution in [2.24, 2.45) is 17.8 Å². The van der Waals surface area contributed by atoms with Gasteiger partial charge in [-0.25, -0.2) is 4.79 Å². The standard InChI is InChI=1S/C34H39F3N4O7/c1-17(2)11-21(14-27(42)26-15-22-24(40-26)7-6-8-29(22)47-5)32(45)41-25(13-20-9-10-38-31(20)44)28(43)16-48-33(46)30-19(4)39-18(3)12-23(30)34(35,36)37/h6-8,12,15,17,20-21,25,40H,9-11,13-14,16H2,1-5H3,(H,38,44)(H,41,45)/t20-,21+,25-/m0/s1. The number of amides is 2. The number of rotatable bonds is 14. The van der Waals surface area contributed by atoms with E-state index < -0.39 is 59.4 Å². The van der Waals surface area contributed by atoms with Crippen molar-refractivity contribution in [2.75, 3.05) is 20.3 Å². The Balaban J connectivity index is 1.53. The number of aromatic amines is 1. The molecule has 0 spiro atoms. The van der Waals surface area contributed by atoms with E-state index in [1.165, 1.54) is 21.0 Å². The van der Waals surface area contributed by atoms with Crippen molar-refractivity contribution < 1.29 is 46.6 Å². The number of halogens is 3. The van der Waals surface area contributed by atoms with Crippen molar-refractivity contribution in [1.82, 2.24) is 20.6 Å². The zero-order valence-corrected chi connectivity index (χ0v) is 27.4.